The fourth-order valence-electron chi connectivity index (χ4n) is 4.73. The standard InChI is InChI=1S/C31H29BrN2O7S/c1-4-6-12-41-19-9-7-8-17(13-19)27(35)25-26(18-14-21(32)28(36)23(15-18)39-3)34(30(38)29(25)37)31-33-22-11-10-20(40-5-2)16-24(22)42-31/h7-11,13-16,26,35-36H,4-6,12H2,1-3H3. The SMILES string of the molecule is CCCCOc1cccc(C(O)=C2C(=O)C(=O)N(c3nc4ccc(OCC)cc4s3)C2c2cc(Br)c(O)c(OC)c2)c1. The first-order chi connectivity index (χ1) is 20.3. The van der Waals surface area contributed by atoms with Crippen LogP contribution in [0.2, 0.25) is 0 Å². The molecule has 218 valence electrons. The smallest absolute Gasteiger partial charge is 0.301 e. The van der Waals surface area contributed by atoms with Crippen molar-refractivity contribution < 1.29 is 34.0 Å². The number of amides is 1. The maximum absolute atomic E-state index is 13.7. The molecule has 2 heterocycles. The lowest BCUT2D eigenvalue weighted by molar-refractivity contribution is -0.132. The molecule has 4 aromatic rings. The molecule has 3 aromatic carbocycles. The van der Waals surface area contributed by atoms with Crippen LogP contribution in [0.15, 0.2) is 64.6 Å². The highest BCUT2D eigenvalue weighted by Gasteiger charge is 2.48. The van der Waals surface area contributed by atoms with Gasteiger partial charge in [0.05, 0.1) is 46.6 Å². The van der Waals surface area contributed by atoms with Crippen LogP contribution in [0.3, 0.4) is 0 Å². The van der Waals surface area contributed by atoms with E-state index in [2.05, 4.69) is 27.8 Å². The summed E-state index contributed by atoms with van der Waals surface area (Å²) in [7, 11) is 1.40. The van der Waals surface area contributed by atoms with Gasteiger partial charge in [-0.25, -0.2) is 4.98 Å². The number of aliphatic hydroxyl groups is 1. The van der Waals surface area contributed by atoms with Crippen LogP contribution in [0, 0.1) is 0 Å². The summed E-state index contributed by atoms with van der Waals surface area (Å²) in [6.07, 6.45) is 1.83. The Morgan fingerprint density at radius 2 is 1.86 bits per heavy atom. The summed E-state index contributed by atoms with van der Waals surface area (Å²) in [5, 5.41) is 22.3. The van der Waals surface area contributed by atoms with Crippen molar-refractivity contribution in [3.05, 3.63) is 75.8 Å². The van der Waals surface area contributed by atoms with E-state index in [-0.39, 0.29) is 28.0 Å². The zero-order valence-corrected chi connectivity index (χ0v) is 25.6. The molecule has 0 radical (unpaired) electrons. The van der Waals surface area contributed by atoms with E-state index < -0.39 is 17.7 Å². The minimum atomic E-state index is -1.08. The van der Waals surface area contributed by atoms with Gasteiger partial charge >= 0.3 is 5.91 Å². The Morgan fingerprint density at radius 1 is 1.07 bits per heavy atom. The van der Waals surface area contributed by atoms with Gasteiger partial charge in [0.15, 0.2) is 16.6 Å². The molecule has 1 fully saturated rings. The molecule has 0 bridgehead atoms. The van der Waals surface area contributed by atoms with Crippen molar-refractivity contribution in [1.29, 1.82) is 0 Å². The predicted molar refractivity (Wildman–Crippen MR) is 165 cm³/mol. The third kappa shape index (κ3) is 5.54. The number of Topliss-reactive ketones (excluding diaryl/α,β-unsaturated/α-hetero) is 1. The van der Waals surface area contributed by atoms with Crippen molar-refractivity contribution in [2.75, 3.05) is 25.2 Å². The van der Waals surface area contributed by atoms with E-state index >= 15 is 0 Å². The molecular weight excluding hydrogens is 624 g/mol. The number of phenols is 1. The fraction of sp³-hybridized carbons (Fsp3) is 0.258. The lowest BCUT2D eigenvalue weighted by atomic mass is 9.95. The maximum atomic E-state index is 13.7. The average molecular weight is 654 g/mol. The molecule has 11 heteroatoms. The van der Waals surface area contributed by atoms with Gasteiger partial charge in [0, 0.05) is 5.56 Å². The maximum Gasteiger partial charge on any atom is 0.301 e. The topological polar surface area (TPSA) is 118 Å². The molecule has 0 aliphatic carbocycles. The number of nitrogens with zero attached hydrogens (tertiary/aromatic N) is 2. The number of unbranched alkanes of at least 4 members (excludes halogenated alkanes) is 1. The number of hydrogen-bond donors (Lipinski definition) is 2. The number of phenolic OH excluding ortho intramolecular Hbond substituents is 1. The van der Waals surface area contributed by atoms with Gasteiger partial charge in [-0.2, -0.15) is 0 Å². The number of anilines is 1. The number of ketones is 1. The number of aromatic nitrogens is 1. The van der Waals surface area contributed by atoms with Crippen LogP contribution in [0.5, 0.6) is 23.0 Å². The van der Waals surface area contributed by atoms with Crippen LogP contribution in [0.4, 0.5) is 5.13 Å². The highest BCUT2D eigenvalue weighted by molar-refractivity contribution is 9.10. The van der Waals surface area contributed by atoms with Gasteiger partial charge in [0.1, 0.15) is 17.3 Å². The van der Waals surface area contributed by atoms with E-state index in [1.165, 1.54) is 29.4 Å². The zero-order valence-electron chi connectivity index (χ0n) is 23.2. The number of hydrogen-bond acceptors (Lipinski definition) is 9. The molecule has 42 heavy (non-hydrogen) atoms. The molecule has 1 aliphatic heterocycles. The fourth-order valence-corrected chi connectivity index (χ4v) is 6.21. The lowest BCUT2D eigenvalue weighted by Gasteiger charge is -2.24. The summed E-state index contributed by atoms with van der Waals surface area (Å²) in [6, 6.07) is 14.2. The number of ether oxygens (including phenoxy) is 3. The quantitative estimate of drug-likeness (QED) is 0.0815. The molecular formula is C31H29BrN2O7S. The van der Waals surface area contributed by atoms with E-state index in [0.717, 1.165) is 17.5 Å². The molecule has 2 N–H and O–H groups in total. The number of aromatic hydroxyl groups is 1. The number of fused-ring (bicyclic) bond motifs is 1. The molecule has 1 aromatic heterocycles. The highest BCUT2D eigenvalue weighted by Crippen LogP contribution is 2.47. The number of halogens is 1. The number of carbonyl (C=O) groups is 2. The molecule has 1 atom stereocenters. The number of aliphatic hydroxyl groups excluding tert-OH is 1. The number of carbonyl (C=O) groups excluding carboxylic acids is 2. The number of methoxy groups -OCH3 is 1. The molecule has 1 amide bonds. The van der Waals surface area contributed by atoms with Gasteiger partial charge in [0.2, 0.25) is 0 Å². The summed E-state index contributed by atoms with van der Waals surface area (Å²) in [5.74, 6) is -0.891. The first-order valence-corrected chi connectivity index (χ1v) is 15.0. The van der Waals surface area contributed by atoms with Crippen molar-refractivity contribution in [1.82, 2.24) is 4.98 Å². The van der Waals surface area contributed by atoms with Gasteiger partial charge in [-0.3, -0.25) is 14.5 Å². The van der Waals surface area contributed by atoms with Crippen LogP contribution in [-0.4, -0.2) is 47.2 Å². The van der Waals surface area contributed by atoms with Gasteiger partial charge in [-0.05, 0) is 77.3 Å². The van der Waals surface area contributed by atoms with Crippen LogP contribution in [-0.2, 0) is 9.59 Å². The molecule has 1 saturated heterocycles. The largest absolute Gasteiger partial charge is 0.507 e. The Labute approximate surface area is 255 Å². The van der Waals surface area contributed by atoms with Crippen molar-refractivity contribution >= 4 is 60.1 Å². The van der Waals surface area contributed by atoms with E-state index in [9.17, 15) is 19.8 Å². The number of benzene rings is 3. The van der Waals surface area contributed by atoms with Crippen molar-refractivity contribution in [3.63, 3.8) is 0 Å². The van der Waals surface area contributed by atoms with Gasteiger partial charge < -0.3 is 24.4 Å². The molecule has 1 aliphatic rings. The zero-order chi connectivity index (χ0) is 30.0. The Bertz CT molecular complexity index is 1700. The van der Waals surface area contributed by atoms with E-state index in [0.29, 0.717) is 45.8 Å². The normalized spacial score (nSPS) is 16.3. The first kappa shape index (κ1) is 29.4. The van der Waals surface area contributed by atoms with Gasteiger partial charge in [0.25, 0.3) is 5.78 Å². The Morgan fingerprint density at radius 3 is 2.60 bits per heavy atom. The summed E-state index contributed by atoms with van der Waals surface area (Å²) < 4.78 is 17.8. The second kappa shape index (κ2) is 12.4. The third-order valence-corrected chi connectivity index (χ3v) is 8.39. The average Bonchev–Trinajstić information content (AvgIpc) is 3.52. The van der Waals surface area contributed by atoms with Crippen LogP contribution in [0.25, 0.3) is 16.0 Å². The van der Waals surface area contributed by atoms with E-state index in [1.54, 1.807) is 42.5 Å². The predicted octanol–water partition coefficient (Wildman–Crippen LogP) is 6.98. The van der Waals surface area contributed by atoms with Gasteiger partial charge in [-0.15, -0.1) is 0 Å². The minimum Gasteiger partial charge on any atom is -0.507 e. The summed E-state index contributed by atoms with van der Waals surface area (Å²) >= 11 is 4.57. The van der Waals surface area contributed by atoms with Gasteiger partial charge in [-0.1, -0.05) is 36.8 Å². The second-order valence-corrected chi connectivity index (χ2v) is 11.4. The minimum absolute atomic E-state index is 0.125. The van der Waals surface area contributed by atoms with Crippen LogP contribution < -0.4 is 19.1 Å². The molecule has 9 nitrogen and oxygen atoms in total. The van der Waals surface area contributed by atoms with Crippen LogP contribution in [0.1, 0.15) is 43.9 Å². The Hall–Kier alpha value is -4.09. The van der Waals surface area contributed by atoms with Crippen LogP contribution >= 0.6 is 27.3 Å². The number of thiazole rings is 1. The molecule has 1 unspecified atom stereocenters. The van der Waals surface area contributed by atoms with Crippen molar-refractivity contribution in [3.8, 4) is 23.0 Å². The van der Waals surface area contributed by atoms with E-state index in [4.69, 9.17) is 14.2 Å². The first-order valence-electron chi connectivity index (χ1n) is 13.4. The van der Waals surface area contributed by atoms with E-state index in [1.807, 2.05) is 13.0 Å². The number of rotatable bonds is 10. The summed E-state index contributed by atoms with van der Waals surface area (Å²) in [4.78, 5) is 33.3. The molecule has 0 saturated carbocycles. The molecule has 5 rings (SSSR count). The Balaban J connectivity index is 1.68. The monoisotopic (exact) mass is 652 g/mol. The summed E-state index contributed by atoms with van der Waals surface area (Å²) in [5.41, 5.74) is 1.24. The molecule has 0 spiro atoms. The second-order valence-electron chi connectivity index (χ2n) is 9.51. The summed E-state index contributed by atoms with van der Waals surface area (Å²) in [6.45, 7) is 4.95. The third-order valence-electron chi connectivity index (χ3n) is 6.77. The highest BCUT2D eigenvalue weighted by atomic mass is 79.9. The Kier molecular flexibility index (Phi) is 8.69. The van der Waals surface area contributed by atoms with Crippen molar-refractivity contribution in [2.45, 2.75) is 32.7 Å². The lowest BCUT2D eigenvalue weighted by Crippen LogP contribution is -2.29. The van der Waals surface area contributed by atoms with Crippen molar-refractivity contribution in [2.24, 2.45) is 0 Å².